The molecule has 0 saturated carbocycles. The molecule has 0 radical (unpaired) electrons. The highest BCUT2D eigenvalue weighted by Gasteiger charge is 2.31. The third-order valence-electron chi connectivity index (χ3n) is 3.80. The second-order valence-electron chi connectivity index (χ2n) is 5.24. The van der Waals surface area contributed by atoms with Crippen LogP contribution in [0.5, 0.6) is 0 Å². The Morgan fingerprint density at radius 3 is 2.33 bits per heavy atom. The van der Waals surface area contributed by atoms with Crippen molar-refractivity contribution in [3.63, 3.8) is 0 Å². The number of hydrogen-bond acceptors (Lipinski definition) is 3. The molecule has 7 heteroatoms. The number of halogens is 3. The van der Waals surface area contributed by atoms with Gasteiger partial charge < -0.3 is 11.1 Å². The molecule has 0 bridgehead atoms. The highest BCUT2D eigenvalue weighted by Crippen LogP contribution is 2.34. The molecule has 0 spiro atoms. The van der Waals surface area contributed by atoms with Gasteiger partial charge in [0.1, 0.15) is 5.69 Å². The van der Waals surface area contributed by atoms with Crippen molar-refractivity contribution in [2.24, 2.45) is 0 Å². The zero-order valence-corrected chi connectivity index (χ0v) is 12.7. The number of alkyl halides is 3. The molecule has 3 rings (SSSR count). The SMILES string of the molecule is CNc1c(N)c(=O)n(-c2ccccc2)c2cc(C(F)(F)F)ccc12. The number of nitrogen functional groups attached to an aromatic ring is 1. The van der Waals surface area contributed by atoms with Gasteiger partial charge in [-0.2, -0.15) is 13.2 Å². The minimum atomic E-state index is -4.51. The van der Waals surface area contributed by atoms with Crippen LogP contribution in [0.4, 0.5) is 24.5 Å². The zero-order chi connectivity index (χ0) is 17.5. The van der Waals surface area contributed by atoms with Gasteiger partial charge in [0.2, 0.25) is 0 Å². The van der Waals surface area contributed by atoms with Crippen LogP contribution in [0.2, 0.25) is 0 Å². The highest BCUT2D eigenvalue weighted by atomic mass is 19.4. The average molecular weight is 333 g/mol. The lowest BCUT2D eigenvalue weighted by Crippen LogP contribution is -2.24. The summed E-state index contributed by atoms with van der Waals surface area (Å²) in [6, 6.07) is 11.7. The van der Waals surface area contributed by atoms with Gasteiger partial charge in [-0.15, -0.1) is 0 Å². The molecule has 0 aliphatic rings. The van der Waals surface area contributed by atoms with E-state index in [4.69, 9.17) is 5.73 Å². The Morgan fingerprint density at radius 1 is 1.08 bits per heavy atom. The Bertz CT molecular complexity index is 963. The summed E-state index contributed by atoms with van der Waals surface area (Å²) in [4.78, 5) is 12.6. The fraction of sp³-hybridized carbons (Fsp3) is 0.118. The maximum absolute atomic E-state index is 13.1. The first-order valence-electron chi connectivity index (χ1n) is 7.13. The first kappa shape index (κ1) is 15.9. The molecule has 4 nitrogen and oxygen atoms in total. The van der Waals surface area contributed by atoms with E-state index in [0.29, 0.717) is 16.8 Å². The summed E-state index contributed by atoms with van der Waals surface area (Å²) in [6.07, 6.45) is -4.51. The van der Waals surface area contributed by atoms with Crippen LogP contribution in [0.1, 0.15) is 5.56 Å². The summed E-state index contributed by atoms with van der Waals surface area (Å²) in [5, 5.41) is 3.23. The first-order chi connectivity index (χ1) is 11.3. The van der Waals surface area contributed by atoms with Gasteiger partial charge in [-0.05, 0) is 24.3 Å². The van der Waals surface area contributed by atoms with Crippen molar-refractivity contribution in [1.82, 2.24) is 4.57 Å². The fourth-order valence-electron chi connectivity index (χ4n) is 2.69. The second kappa shape index (κ2) is 5.59. The molecule has 0 atom stereocenters. The molecule has 124 valence electrons. The maximum Gasteiger partial charge on any atom is 0.416 e. The van der Waals surface area contributed by atoms with Crippen LogP contribution in [-0.4, -0.2) is 11.6 Å². The van der Waals surface area contributed by atoms with E-state index in [9.17, 15) is 18.0 Å². The third-order valence-corrected chi connectivity index (χ3v) is 3.80. The number of aromatic nitrogens is 1. The summed E-state index contributed by atoms with van der Waals surface area (Å²) in [7, 11) is 1.56. The van der Waals surface area contributed by atoms with Crippen molar-refractivity contribution in [2.45, 2.75) is 6.18 Å². The lowest BCUT2D eigenvalue weighted by molar-refractivity contribution is -0.137. The van der Waals surface area contributed by atoms with Gasteiger partial charge in [0.05, 0.1) is 16.8 Å². The van der Waals surface area contributed by atoms with Gasteiger partial charge >= 0.3 is 6.18 Å². The number of anilines is 2. The number of para-hydroxylation sites is 1. The molecule has 0 aliphatic heterocycles. The normalized spacial score (nSPS) is 11.7. The van der Waals surface area contributed by atoms with E-state index >= 15 is 0 Å². The molecule has 1 aromatic heterocycles. The third kappa shape index (κ3) is 2.47. The summed E-state index contributed by atoms with van der Waals surface area (Å²) in [6.45, 7) is 0. The van der Waals surface area contributed by atoms with Crippen LogP contribution in [-0.2, 0) is 6.18 Å². The molecule has 3 N–H and O–H groups in total. The van der Waals surface area contributed by atoms with E-state index in [0.717, 1.165) is 12.1 Å². The Hall–Kier alpha value is -2.96. The molecule has 24 heavy (non-hydrogen) atoms. The van der Waals surface area contributed by atoms with Crippen molar-refractivity contribution < 1.29 is 13.2 Å². The first-order valence-corrected chi connectivity index (χ1v) is 7.13. The summed E-state index contributed by atoms with van der Waals surface area (Å²) < 4.78 is 40.4. The number of benzene rings is 2. The van der Waals surface area contributed by atoms with E-state index < -0.39 is 17.3 Å². The number of hydrogen-bond donors (Lipinski definition) is 2. The molecule has 3 aromatic rings. The van der Waals surface area contributed by atoms with Crippen LogP contribution in [0, 0.1) is 0 Å². The number of fused-ring (bicyclic) bond motifs is 1. The van der Waals surface area contributed by atoms with E-state index in [-0.39, 0.29) is 11.2 Å². The van der Waals surface area contributed by atoms with Crippen molar-refractivity contribution in [1.29, 1.82) is 0 Å². The van der Waals surface area contributed by atoms with Gasteiger partial charge in [-0.1, -0.05) is 24.3 Å². The fourth-order valence-corrected chi connectivity index (χ4v) is 2.69. The highest BCUT2D eigenvalue weighted by molar-refractivity contribution is 5.98. The topological polar surface area (TPSA) is 60.0 Å². The van der Waals surface area contributed by atoms with Crippen molar-refractivity contribution >= 4 is 22.3 Å². The molecule has 0 aliphatic carbocycles. The number of nitrogens with zero attached hydrogens (tertiary/aromatic N) is 1. The summed E-state index contributed by atoms with van der Waals surface area (Å²) in [5.74, 6) is 0. The molecule has 0 unspecified atom stereocenters. The average Bonchev–Trinajstić information content (AvgIpc) is 2.56. The molecule has 1 heterocycles. The summed E-state index contributed by atoms with van der Waals surface area (Å²) in [5.41, 5.74) is 5.36. The van der Waals surface area contributed by atoms with Gasteiger partial charge in [0.15, 0.2) is 0 Å². The van der Waals surface area contributed by atoms with Gasteiger partial charge in [-0.3, -0.25) is 9.36 Å². The quantitative estimate of drug-likeness (QED) is 0.753. The molecule has 0 fully saturated rings. The monoisotopic (exact) mass is 333 g/mol. The van der Waals surface area contributed by atoms with Crippen LogP contribution in [0.15, 0.2) is 53.3 Å². The van der Waals surface area contributed by atoms with E-state index in [2.05, 4.69) is 5.32 Å². The summed E-state index contributed by atoms with van der Waals surface area (Å²) >= 11 is 0. The lowest BCUT2D eigenvalue weighted by Gasteiger charge is -2.17. The predicted molar refractivity (Wildman–Crippen MR) is 88.5 cm³/mol. The molecule has 0 amide bonds. The van der Waals surface area contributed by atoms with Crippen LogP contribution < -0.4 is 16.6 Å². The largest absolute Gasteiger partial charge is 0.416 e. The van der Waals surface area contributed by atoms with Crippen molar-refractivity contribution in [3.8, 4) is 5.69 Å². The lowest BCUT2D eigenvalue weighted by atomic mass is 10.1. The van der Waals surface area contributed by atoms with Crippen LogP contribution >= 0.6 is 0 Å². The predicted octanol–water partition coefficient (Wildman–Crippen LogP) is 3.63. The Balaban J connectivity index is 2.49. The Morgan fingerprint density at radius 2 is 1.75 bits per heavy atom. The minimum Gasteiger partial charge on any atom is -0.393 e. The molecular weight excluding hydrogens is 319 g/mol. The molecule has 0 saturated heterocycles. The van der Waals surface area contributed by atoms with Crippen molar-refractivity contribution in [3.05, 3.63) is 64.4 Å². The maximum atomic E-state index is 13.1. The number of nitrogens with one attached hydrogen (secondary N) is 1. The van der Waals surface area contributed by atoms with Gasteiger partial charge in [0, 0.05) is 18.1 Å². The minimum absolute atomic E-state index is 0.0476. The Labute approximate surface area is 135 Å². The van der Waals surface area contributed by atoms with Crippen LogP contribution in [0.25, 0.3) is 16.6 Å². The van der Waals surface area contributed by atoms with Gasteiger partial charge in [-0.25, -0.2) is 0 Å². The van der Waals surface area contributed by atoms with Gasteiger partial charge in [0.25, 0.3) is 5.56 Å². The van der Waals surface area contributed by atoms with E-state index in [1.165, 1.54) is 10.6 Å². The Kier molecular flexibility index (Phi) is 3.71. The van der Waals surface area contributed by atoms with Crippen molar-refractivity contribution in [2.75, 3.05) is 18.1 Å². The van der Waals surface area contributed by atoms with E-state index in [1.54, 1.807) is 37.4 Å². The van der Waals surface area contributed by atoms with E-state index in [1.807, 2.05) is 0 Å². The second-order valence-corrected chi connectivity index (χ2v) is 5.24. The number of pyridine rings is 1. The molecule has 2 aromatic carbocycles. The standard InChI is InChI=1S/C17H14F3N3O/c1-22-15-12-8-7-10(17(18,19)20)9-13(12)23(16(24)14(15)21)11-5-3-2-4-6-11/h2-9,22H,21H2,1H3. The number of nitrogens with two attached hydrogens (primary N) is 1. The smallest absolute Gasteiger partial charge is 0.393 e. The number of rotatable bonds is 2. The molecular formula is C17H14F3N3O. The van der Waals surface area contributed by atoms with Crippen LogP contribution in [0.3, 0.4) is 0 Å². The zero-order valence-electron chi connectivity index (χ0n) is 12.7.